The zero-order valence-electron chi connectivity index (χ0n) is 21.1. The summed E-state index contributed by atoms with van der Waals surface area (Å²) in [4.78, 5) is 14.6. The van der Waals surface area contributed by atoms with Gasteiger partial charge in [0.25, 0.3) is 0 Å². The van der Waals surface area contributed by atoms with Crippen molar-refractivity contribution < 1.29 is 14.6 Å². The largest absolute Gasteiger partial charge is 0.496 e. The number of hydrogen-bond acceptors (Lipinski definition) is 4. The average molecular weight is 485 g/mol. The Kier molecular flexibility index (Phi) is 7.40. The molecule has 0 radical (unpaired) electrons. The SMILES string of the molecule is CCc1ccc(OC)c(CN[C@H]2[C@H]3CCN([C@H](C(=O)O)C3)[C@H]2C(c2ccccc2)c2ccccc2)c1. The molecule has 2 bridgehead atoms. The van der Waals surface area contributed by atoms with Crippen molar-refractivity contribution in [2.45, 2.75) is 56.8 Å². The van der Waals surface area contributed by atoms with Crippen LogP contribution < -0.4 is 10.1 Å². The number of carbonyl (C=O) groups is 1. The van der Waals surface area contributed by atoms with E-state index in [1.54, 1.807) is 7.11 Å². The van der Waals surface area contributed by atoms with Gasteiger partial charge in [0.15, 0.2) is 0 Å². The van der Waals surface area contributed by atoms with Crippen LogP contribution in [0.4, 0.5) is 0 Å². The van der Waals surface area contributed by atoms with E-state index in [1.165, 1.54) is 16.7 Å². The number of benzene rings is 3. The summed E-state index contributed by atoms with van der Waals surface area (Å²) in [6.45, 7) is 3.67. The van der Waals surface area contributed by atoms with Crippen molar-refractivity contribution in [2.75, 3.05) is 13.7 Å². The number of piperidine rings is 3. The summed E-state index contributed by atoms with van der Waals surface area (Å²) in [6.07, 6.45) is 2.68. The summed E-state index contributed by atoms with van der Waals surface area (Å²) in [5.41, 5.74) is 4.89. The van der Waals surface area contributed by atoms with Crippen molar-refractivity contribution in [3.05, 3.63) is 101 Å². The molecule has 0 aliphatic carbocycles. The van der Waals surface area contributed by atoms with Crippen LogP contribution in [0.25, 0.3) is 0 Å². The molecule has 5 heteroatoms. The number of nitrogens with zero attached hydrogens (tertiary/aromatic N) is 1. The molecule has 3 aliphatic rings. The lowest BCUT2D eigenvalue weighted by Crippen LogP contribution is -2.69. The second-order valence-corrected chi connectivity index (χ2v) is 10.1. The molecule has 0 amide bonds. The van der Waals surface area contributed by atoms with Crippen molar-refractivity contribution in [2.24, 2.45) is 5.92 Å². The number of nitrogens with one attached hydrogen (secondary N) is 1. The Morgan fingerprint density at radius 2 is 1.72 bits per heavy atom. The van der Waals surface area contributed by atoms with Crippen LogP contribution in [-0.4, -0.2) is 47.8 Å². The fourth-order valence-corrected chi connectivity index (χ4v) is 6.43. The number of fused-ring (bicyclic) bond motifs is 3. The van der Waals surface area contributed by atoms with Gasteiger partial charge < -0.3 is 15.2 Å². The van der Waals surface area contributed by atoms with Gasteiger partial charge in [0.05, 0.1) is 7.11 Å². The molecular formula is C31H36N2O3. The van der Waals surface area contributed by atoms with E-state index < -0.39 is 12.0 Å². The fourth-order valence-electron chi connectivity index (χ4n) is 6.43. The maximum absolute atomic E-state index is 12.3. The van der Waals surface area contributed by atoms with Gasteiger partial charge in [-0.2, -0.15) is 0 Å². The van der Waals surface area contributed by atoms with E-state index in [4.69, 9.17) is 4.74 Å². The van der Waals surface area contributed by atoms with Gasteiger partial charge in [0.1, 0.15) is 11.8 Å². The molecule has 3 aliphatic heterocycles. The van der Waals surface area contributed by atoms with E-state index in [-0.39, 0.29) is 18.0 Å². The first-order valence-corrected chi connectivity index (χ1v) is 13.1. The minimum atomic E-state index is -0.708. The topological polar surface area (TPSA) is 61.8 Å². The zero-order chi connectivity index (χ0) is 25.1. The van der Waals surface area contributed by atoms with Crippen molar-refractivity contribution in [1.29, 1.82) is 0 Å². The lowest BCUT2D eigenvalue weighted by molar-refractivity contribution is -0.152. The van der Waals surface area contributed by atoms with Gasteiger partial charge >= 0.3 is 5.97 Å². The van der Waals surface area contributed by atoms with Crippen molar-refractivity contribution in [3.63, 3.8) is 0 Å². The Morgan fingerprint density at radius 3 is 2.31 bits per heavy atom. The number of rotatable bonds is 9. The van der Waals surface area contributed by atoms with E-state index in [1.807, 2.05) is 12.1 Å². The molecule has 188 valence electrons. The fraction of sp³-hybridized carbons (Fsp3) is 0.387. The lowest BCUT2D eigenvalue weighted by atomic mass is 9.68. The lowest BCUT2D eigenvalue weighted by Gasteiger charge is -2.56. The third-order valence-electron chi connectivity index (χ3n) is 8.17. The Bertz CT molecular complexity index is 1130. The summed E-state index contributed by atoms with van der Waals surface area (Å²) >= 11 is 0. The summed E-state index contributed by atoms with van der Waals surface area (Å²) in [5.74, 6) is 0.555. The second kappa shape index (κ2) is 10.9. The van der Waals surface area contributed by atoms with E-state index in [0.29, 0.717) is 18.9 Å². The van der Waals surface area contributed by atoms with Crippen LogP contribution in [0.15, 0.2) is 78.9 Å². The molecule has 3 aromatic carbocycles. The van der Waals surface area contributed by atoms with E-state index >= 15 is 0 Å². The maximum Gasteiger partial charge on any atom is 0.320 e. The summed E-state index contributed by atoms with van der Waals surface area (Å²) < 4.78 is 5.68. The smallest absolute Gasteiger partial charge is 0.320 e. The number of aliphatic carboxylic acids is 1. The van der Waals surface area contributed by atoms with Gasteiger partial charge in [-0.1, -0.05) is 79.7 Å². The standard InChI is InChI=1S/C31H36N2O3/c1-3-21-14-15-27(36-2)25(18-21)20-32-29-24-16-17-33(26(19-24)31(34)35)30(29)28(22-10-6-4-7-11-22)23-12-8-5-9-13-23/h4-15,18,24,26,28-30,32H,3,16-17,19-20H2,1-2H3,(H,34,35)/t24-,26-,29-,30-/m0/s1. The van der Waals surface area contributed by atoms with Gasteiger partial charge in [0.2, 0.25) is 0 Å². The first-order chi connectivity index (χ1) is 17.6. The van der Waals surface area contributed by atoms with Gasteiger partial charge in [-0.15, -0.1) is 0 Å². The molecule has 0 saturated carbocycles. The zero-order valence-corrected chi connectivity index (χ0v) is 21.1. The number of carboxylic acids is 1. The molecule has 5 atom stereocenters. The summed E-state index contributed by atoms with van der Waals surface area (Å²) in [6, 6.07) is 27.3. The van der Waals surface area contributed by atoms with Gasteiger partial charge in [0, 0.05) is 30.1 Å². The van der Waals surface area contributed by atoms with Crippen LogP contribution in [0.3, 0.4) is 0 Å². The van der Waals surface area contributed by atoms with E-state index in [9.17, 15) is 9.90 Å². The van der Waals surface area contributed by atoms with E-state index in [2.05, 4.69) is 83.9 Å². The number of hydrogen-bond donors (Lipinski definition) is 2. The van der Waals surface area contributed by atoms with Crippen molar-refractivity contribution in [3.8, 4) is 5.75 Å². The van der Waals surface area contributed by atoms with Crippen LogP contribution in [0.5, 0.6) is 5.75 Å². The Morgan fingerprint density at radius 1 is 1.06 bits per heavy atom. The molecule has 1 unspecified atom stereocenters. The highest BCUT2D eigenvalue weighted by atomic mass is 16.5. The summed E-state index contributed by atoms with van der Waals surface area (Å²) in [5, 5.41) is 14.1. The molecule has 0 aromatic heterocycles. The van der Waals surface area contributed by atoms with Gasteiger partial charge in [-0.3, -0.25) is 9.69 Å². The number of ether oxygens (including phenoxy) is 1. The van der Waals surface area contributed by atoms with Crippen LogP contribution in [0.1, 0.15) is 47.9 Å². The maximum atomic E-state index is 12.3. The molecule has 3 aromatic rings. The Hall–Kier alpha value is -3.15. The molecule has 3 saturated heterocycles. The minimum absolute atomic E-state index is 0.0313. The number of aryl methyl sites for hydroxylation is 1. The number of methoxy groups -OCH3 is 1. The highest BCUT2D eigenvalue weighted by Gasteiger charge is 2.52. The van der Waals surface area contributed by atoms with Crippen molar-refractivity contribution in [1.82, 2.24) is 10.2 Å². The van der Waals surface area contributed by atoms with Crippen LogP contribution in [0.2, 0.25) is 0 Å². The molecule has 5 nitrogen and oxygen atoms in total. The third-order valence-corrected chi connectivity index (χ3v) is 8.17. The van der Waals surface area contributed by atoms with Crippen molar-refractivity contribution >= 4 is 5.97 Å². The Labute approximate surface area is 214 Å². The van der Waals surface area contributed by atoms with Gasteiger partial charge in [-0.05, 0) is 54.5 Å². The molecule has 2 N–H and O–H groups in total. The monoisotopic (exact) mass is 484 g/mol. The molecule has 3 heterocycles. The van der Waals surface area contributed by atoms with Crippen LogP contribution in [-0.2, 0) is 17.8 Å². The normalized spacial score (nSPS) is 25.1. The Balaban J connectivity index is 1.54. The number of carboxylic acid groups (broad SMARTS) is 1. The molecule has 0 spiro atoms. The molecular weight excluding hydrogens is 448 g/mol. The van der Waals surface area contributed by atoms with Gasteiger partial charge in [-0.25, -0.2) is 0 Å². The summed E-state index contributed by atoms with van der Waals surface area (Å²) in [7, 11) is 1.72. The third kappa shape index (κ3) is 4.78. The van der Waals surface area contributed by atoms with Crippen LogP contribution in [0, 0.1) is 5.92 Å². The predicted octanol–water partition coefficient (Wildman–Crippen LogP) is 5.10. The highest BCUT2D eigenvalue weighted by molar-refractivity contribution is 5.74. The highest BCUT2D eigenvalue weighted by Crippen LogP contribution is 2.44. The predicted molar refractivity (Wildman–Crippen MR) is 142 cm³/mol. The van der Waals surface area contributed by atoms with E-state index in [0.717, 1.165) is 30.7 Å². The molecule has 36 heavy (non-hydrogen) atoms. The quantitative estimate of drug-likeness (QED) is 0.443. The first kappa shape index (κ1) is 24.5. The first-order valence-electron chi connectivity index (χ1n) is 13.1. The molecule has 6 rings (SSSR count). The van der Waals surface area contributed by atoms with Crippen LogP contribution >= 0.6 is 0 Å². The average Bonchev–Trinajstić information content (AvgIpc) is 2.93. The minimum Gasteiger partial charge on any atom is -0.496 e. The second-order valence-electron chi connectivity index (χ2n) is 10.1. The molecule has 3 fully saturated rings.